The van der Waals surface area contributed by atoms with Crippen LogP contribution >= 0.6 is 0 Å². The topological polar surface area (TPSA) is 74.7 Å². The number of halogens is 1. The first-order valence-corrected chi connectivity index (χ1v) is 5.78. The molecule has 2 rings (SSSR count). The summed E-state index contributed by atoms with van der Waals surface area (Å²) in [5.74, 6) is -3.09. The van der Waals surface area contributed by atoms with E-state index >= 15 is 0 Å². The molecule has 0 aliphatic carbocycles. The van der Waals surface area contributed by atoms with Gasteiger partial charge in [-0.25, -0.2) is 4.39 Å². The summed E-state index contributed by atoms with van der Waals surface area (Å²) in [6.07, 6.45) is 0.310. The van der Waals surface area contributed by atoms with Crippen LogP contribution in [0.15, 0.2) is 24.3 Å². The van der Waals surface area contributed by atoms with Crippen molar-refractivity contribution in [2.75, 3.05) is 6.54 Å². The number of benzene rings is 1. The third kappa shape index (κ3) is 2.96. The summed E-state index contributed by atoms with van der Waals surface area (Å²) in [5.41, 5.74) is 0.740. The largest absolute Gasteiger partial charge is 0.480 e. The number of likely N-dealkylation sites (tertiary alicyclic amines) is 1. The lowest BCUT2D eigenvalue weighted by molar-refractivity contribution is -0.149. The summed E-state index contributed by atoms with van der Waals surface area (Å²) in [5, 5.41) is 8.63. The number of hydrogen-bond acceptors (Lipinski definition) is 3. The molecule has 0 aromatic heterocycles. The van der Waals surface area contributed by atoms with Gasteiger partial charge in [0.2, 0.25) is 11.8 Å². The standard InChI is InChI=1S/C13H12FNO4/c14-10-3-1-8(2-4-10)5-9-6-11(16)15(13(9)19)7-12(17)18/h1-4,9H,5-7H2,(H,17,18). The third-order valence-corrected chi connectivity index (χ3v) is 3.03. The lowest BCUT2D eigenvalue weighted by Gasteiger charge is -2.12. The SMILES string of the molecule is O=C(O)CN1C(=O)CC(Cc2ccc(F)cc2)C1=O. The van der Waals surface area contributed by atoms with Gasteiger partial charge in [-0.15, -0.1) is 0 Å². The maximum Gasteiger partial charge on any atom is 0.323 e. The summed E-state index contributed by atoms with van der Waals surface area (Å²) < 4.78 is 12.7. The minimum absolute atomic E-state index is 0.00346. The molecule has 0 saturated carbocycles. The molecule has 6 heteroatoms. The van der Waals surface area contributed by atoms with E-state index in [-0.39, 0.29) is 12.2 Å². The van der Waals surface area contributed by atoms with E-state index in [1.165, 1.54) is 12.1 Å². The normalized spacial score (nSPS) is 19.0. The number of hydrogen-bond donors (Lipinski definition) is 1. The van der Waals surface area contributed by atoms with Crippen LogP contribution < -0.4 is 0 Å². The molecule has 1 N–H and O–H groups in total. The Balaban J connectivity index is 2.06. The van der Waals surface area contributed by atoms with Crippen LogP contribution in [0.5, 0.6) is 0 Å². The van der Waals surface area contributed by atoms with Crippen LogP contribution in [0.25, 0.3) is 0 Å². The molecule has 1 aliphatic rings. The van der Waals surface area contributed by atoms with Crippen molar-refractivity contribution < 1.29 is 23.9 Å². The summed E-state index contributed by atoms with van der Waals surface area (Å²) in [4.78, 5) is 34.8. The monoisotopic (exact) mass is 265 g/mol. The summed E-state index contributed by atoms with van der Waals surface area (Å²) in [6.45, 7) is -0.600. The second-order valence-corrected chi connectivity index (χ2v) is 4.44. The minimum Gasteiger partial charge on any atom is -0.480 e. The molecule has 1 aromatic rings. The van der Waals surface area contributed by atoms with Gasteiger partial charge in [-0.2, -0.15) is 0 Å². The molecule has 19 heavy (non-hydrogen) atoms. The Kier molecular flexibility index (Phi) is 3.59. The Hall–Kier alpha value is -2.24. The zero-order valence-corrected chi connectivity index (χ0v) is 10.0. The molecule has 0 radical (unpaired) electrons. The molecule has 2 amide bonds. The van der Waals surface area contributed by atoms with Gasteiger partial charge in [0.25, 0.3) is 0 Å². The lowest BCUT2D eigenvalue weighted by atomic mass is 9.98. The zero-order chi connectivity index (χ0) is 14.0. The summed E-state index contributed by atoms with van der Waals surface area (Å²) in [6, 6.07) is 5.66. The van der Waals surface area contributed by atoms with Gasteiger partial charge in [-0.3, -0.25) is 19.3 Å². The molecule has 1 atom stereocenters. The van der Waals surface area contributed by atoms with Crippen molar-refractivity contribution in [3.05, 3.63) is 35.6 Å². The van der Waals surface area contributed by atoms with Crippen LogP contribution in [0.2, 0.25) is 0 Å². The van der Waals surface area contributed by atoms with Crippen LogP contribution in [-0.2, 0) is 20.8 Å². The first-order chi connectivity index (χ1) is 8.97. The number of imide groups is 1. The Morgan fingerprint density at radius 3 is 2.53 bits per heavy atom. The Morgan fingerprint density at radius 1 is 1.32 bits per heavy atom. The number of nitrogens with zero attached hydrogens (tertiary/aromatic N) is 1. The van der Waals surface area contributed by atoms with E-state index in [1.807, 2.05) is 0 Å². The zero-order valence-electron chi connectivity index (χ0n) is 10.0. The van der Waals surface area contributed by atoms with E-state index in [9.17, 15) is 18.8 Å². The van der Waals surface area contributed by atoms with Crippen LogP contribution in [0.1, 0.15) is 12.0 Å². The number of carboxylic acids is 1. The Morgan fingerprint density at radius 2 is 1.95 bits per heavy atom. The molecule has 1 aliphatic heterocycles. The maximum atomic E-state index is 12.7. The molecule has 100 valence electrons. The average Bonchev–Trinajstić information content (AvgIpc) is 2.60. The fraction of sp³-hybridized carbons (Fsp3) is 0.308. The minimum atomic E-state index is -1.22. The molecular weight excluding hydrogens is 253 g/mol. The van der Waals surface area contributed by atoms with E-state index in [0.29, 0.717) is 6.42 Å². The number of carbonyl (C=O) groups excluding carboxylic acids is 2. The molecule has 0 bridgehead atoms. The fourth-order valence-corrected chi connectivity index (χ4v) is 2.12. The van der Waals surface area contributed by atoms with E-state index in [1.54, 1.807) is 12.1 Å². The highest BCUT2D eigenvalue weighted by molar-refractivity contribution is 6.05. The molecule has 5 nitrogen and oxygen atoms in total. The van der Waals surface area contributed by atoms with Crippen molar-refractivity contribution in [2.24, 2.45) is 5.92 Å². The van der Waals surface area contributed by atoms with Crippen LogP contribution in [0.4, 0.5) is 4.39 Å². The van der Waals surface area contributed by atoms with Crippen LogP contribution in [0.3, 0.4) is 0 Å². The van der Waals surface area contributed by atoms with Gasteiger partial charge < -0.3 is 5.11 Å². The summed E-state index contributed by atoms with van der Waals surface area (Å²) >= 11 is 0. The van der Waals surface area contributed by atoms with Crippen molar-refractivity contribution >= 4 is 17.8 Å². The smallest absolute Gasteiger partial charge is 0.323 e. The molecule has 1 unspecified atom stereocenters. The Bertz CT molecular complexity index is 526. The van der Waals surface area contributed by atoms with Crippen molar-refractivity contribution in [1.82, 2.24) is 4.90 Å². The highest BCUT2D eigenvalue weighted by atomic mass is 19.1. The first-order valence-electron chi connectivity index (χ1n) is 5.78. The molecule has 1 fully saturated rings. The predicted molar refractivity (Wildman–Crippen MR) is 62.6 cm³/mol. The highest BCUT2D eigenvalue weighted by Crippen LogP contribution is 2.23. The van der Waals surface area contributed by atoms with Gasteiger partial charge in [-0.05, 0) is 24.1 Å². The van der Waals surface area contributed by atoms with Crippen molar-refractivity contribution in [1.29, 1.82) is 0 Å². The van der Waals surface area contributed by atoms with Gasteiger partial charge in [-0.1, -0.05) is 12.1 Å². The number of carbonyl (C=O) groups is 3. The van der Waals surface area contributed by atoms with Crippen molar-refractivity contribution in [2.45, 2.75) is 12.8 Å². The van der Waals surface area contributed by atoms with Gasteiger partial charge >= 0.3 is 5.97 Å². The van der Waals surface area contributed by atoms with Crippen LogP contribution in [0, 0.1) is 11.7 Å². The Labute approximate surface area is 108 Å². The van der Waals surface area contributed by atoms with Crippen molar-refractivity contribution in [3.63, 3.8) is 0 Å². The van der Waals surface area contributed by atoms with Gasteiger partial charge in [0.05, 0.1) is 5.92 Å². The number of rotatable bonds is 4. The quantitative estimate of drug-likeness (QED) is 0.818. The fourth-order valence-electron chi connectivity index (χ4n) is 2.12. The number of carboxylic acid groups (broad SMARTS) is 1. The van der Waals surface area contributed by atoms with E-state index in [2.05, 4.69) is 0 Å². The first kappa shape index (κ1) is 13.2. The molecule has 1 heterocycles. The molecule has 1 saturated heterocycles. The van der Waals surface area contributed by atoms with Crippen molar-refractivity contribution in [3.8, 4) is 0 Å². The average molecular weight is 265 g/mol. The number of aliphatic carboxylic acids is 1. The third-order valence-electron chi connectivity index (χ3n) is 3.03. The second kappa shape index (κ2) is 5.17. The van der Waals surface area contributed by atoms with E-state index in [4.69, 9.17) is 5.11 Å². The number of amides is 2. The second-order valence-electron chi connectivity index (χ2n) is 4.44. The predicted octanol–water partition coefficient (Wildman–Crippen LogP) is 0.828. The maximum absolute atomic E-state index is 12.7. The van der Waals surface area contributed by atoms with Crippen LogP contribution in [-0.4, -0.2) is 34.3 Å². The summed E-state index contributed by atoms with van der Waals surface area (Å²) in [7, 11) is 0. The van der Waals surface area contributed by atoms with E-state index < -0.39 is 30.2 Å². The molecular formula is C13H12FNO4. The lowest BCUT2D eigenvalue weighted by Crippen LogP contribution is -2.35. The van der Waals surface area contributed by atoms with Gasteiger partial charge in [0.1, 0.15) is 12.4 Å². The van der Waals surface area contributed by atoms with E-state index in [0.717, 1.165) is 10.5 Å². The van der Waals surface area contributed by atoms with Gasteiger partial charge in [0, 0.05) is 6.42 Å². The molecule has 1 aromatic carbocycles. The highest BCUT2D eigenvalue weighted by Gasteiger charge is 2.39. The van der Waals surface area contributed by atoms with Gasteiger partial charge in [0.15, 0.2) is 0 Å². The molecule has 0 spiro atoms.